The number of hydrogen-bond acceptors (Lipinski definition) is 7. The van der Waals surface area contributed by atoms with Gasteiger partial charge in [-0.3, -0.25) is 10.1 Å². The number of hydrogen-bond donors (Lipinski definition) is 1. The van der Waals surface area contributed by atoms with Crippen molar-refractivity contribution in [3.8, 4) is 0 Å². The lowest BCUT2D eigenvalue weighted by Crippen LogP contribution is -2.27. The maximum absolute atomic E-state index is 11.4. The first kappa shape index (κ1) is 13.3. The first-order valence-electron chi connectivity index (χ1n) is 6.67. The van der Waals surface area contributed by atoms with Crippen LogP contribution < -0.4 is 10.2 Å². The zero-order chi connectivity index (χ0) is 14.8. The Kier molecular flexibility index (Phi) is 3.43. The molecule has 0 amide bonds. The average molecular weight is 289 g/mol. The number of nitrogens with one attached hydrogen (secondary N) is 1. The van der Waals surface area contributed by atoms with Crippen LogP contribution in [0.4, 0.5) is 17.3 Å². The van der Waals surface area contributed by atoms with E-state index in [1.807, 2.05) is 11.0 Å². The van der Waals surface area contributed by atoms with Crippen molar-refractivity contribution < 1.29 is 9.34 Å². The molecule has 1 saturated carbocycles. The van der Waals surface area contributed by atoms with Gasteiger partial charge in [0.2, 0.25) is 11.6 Å². The predicted octanol–water partition coefficient (Wildman–Crippen LogP) is 2.19. The SMILES string of the molecule is CNc1ncnc(N(Cc2ccco2)C2CC2)c1[N+](=O)[O-]. The Morgan fingerprint density at radius 2 is 2.33 bits per heavy atom. The zero-order valence-electron chi connectivity index (χ0n) is 11.5. The number of aromatic nitrogens is 2. The molecule has 0 spiro atoms. The molecule has 2 aromatic heterocycles. The van der Waals surface area contributed by atoms with E-state index >= 15 is 0 Å². The lowest BCUT2D eigenvalue weighted by atomic mass is 10.3. The number of nitrogens with zero attached hydrogens (tertiary/aromatic N) is 4. The van der Waals surface area contributed by atoms with Gasteiger partial charge >= 0.3 is 5.69 Å². The largest absolute Gasteiger partial charge is 0.467 e. The molecule has 1 fully saturated rings. The molecule has 8 heteroatoms. The number of rotatable bonds is 6. The lowest BCUT2D eigenvalue weighted by Gasteiger charge is -2.22. The van der Waals surface area contributed by atoms with Crippen molar-refractivity contribution in [2.45, 2.75) is 25.4 Å². The van der Waals surface area contributed by atoms with Crippen LogP contribution in [0.15, 0.2) is 29.1 Å². The first-order chi connectivity index (χ1) is 10.2. The van der Waals surface area contributed by atoms with Crippen LogP contribution in [0.3, 0.4) is 0 Å². The molecular formula is C13H15N5O3. The standard InChI is InChI=1S/C13H15N5O3/c1-14-12-11(18(19)20)13(16-8-15-12)17(9-4-5-9)7-10-3-2-6-21-10/h2-3,6,8-9H,4-5,7H2,1H3,(H,14,15,16). The van der Waals surface area contributed by atoms with E-state index in [0.29, 0.717) is 12.4 Å². The topological polar surface area (TPSA) is 97.3 Å². The van der Waals surface area contributed by atoms with Crippen LogP contribution in [0.2, 0.25) is 0 Å². The van der Waals surface area contributed by atoms with Crippen LogP contribution in [0, 0.1) is 10.1 Å². The van der Waals surface area contributed by atoms with Crippen LogP contribution in [0.5, 0.6) is 0 Å². The van der Waals surface area contributed by atoms with Crippen LogP contribution in [0.1, 0.15) is 18.6 Å². The van der Waals surface area contributed by atoms with E-state index in [-0.39, 0.29) is 17.5 Å². The summed E-state index contributed by atoms with van der Waals surface area (Å²) in [7, 11) is 1.60. The molecular weight excluding hydrogens is 274 g/mol. The number of anilines is 2. The number of furan rings is 1. The van der Waals surface area contributed by atoms with Gasteiger partial charge in [0.1, 0.15) is 12.1 Å². The molecule has 0 saturated heterocycles. The molecule has 0 unspecified atom stereocenters. The van der Waals surface area contributed by atoms with Gasteiger partial charge in [0.15, 0.2) is 0 Å². The summed E-state index contributed by atoms with van der Waals surface area (Å²) in [5.41, 5.74) is -0.0987. The summed E-state index contributed by atoms with van der Waals surface area (Å²) in [6.07, 6.45) is 4.92. The molecule has 0 bridgehead atoms. The molecule has 0 aromatic carbocycles. The Bertz CT molecular complexity index is 639. The smallest absolute Gasteiger partial charge is 0.353 e. The maximum atomic E-state index is 11.4. The van der Waals surface area contributed by atoms with Crippen LogP contribution in [-0.2, 0) is 6.54 Å². The molecule has 0 atom stereocenters. The van der Waals surface area contributed by atoms with Gasteiger partial charge in [-0.25, -0.2) is 9.97 Å². The predicted molar refractivity (Wildman–Crippen MR) is 76.1 cm³/mol. The summed E-state index contributed by atoms with van der Waals surface area (Å²) < 4.78 is 5.35. The highest BCUT2D eigenvalue weighted by atomic mass is 16.6. The Morgan fingerprint density at radius 1 is 1.52 bits per heavy atom. The highest BCUT2D eigenvalue weighted by Crippen LogP contribution is 2.39. The van der Waals surface area contributed by atoms with Crippen LogP contribution in [0.25, 0.3) is 0 Å². The molecule has 1 aliphatic rings. The van der Waals surface area contributed by atoms with E-state index in [4.69, 9.17) is 4.42 Å². The second-order valence-electron chi connectivity index (χ2n) is 4.84. The van der Waals surface area contributed by atoms with Crippen LogP contribution in [-0.4, -0.2) is 28.0 Å². The fraction of sp³-hybridized carbons (Fsp3) is 0.385. The lowest BCUT2D eigenvalue weighted by molar-refractivity contribution is -0.383. The molecule has 8 nitrogen and oxygen atoms in total. The maximum Gasteiger partial charge on any atom is 0.353 e. The fourth-order valence-corrected chi connectivity index (χ4v) is 2.26. The zero-order valence-corrected chi connectivity index (χ0v) is 11.5. The molecule has 21 heavy (non-hydrogen) atoms. The monoisotopic (exact) mass is 289 g/mol. The molecule has 1 aliphatic carbocycles. The third kappa shape index (κ3) is 2.64. The van der Waals surface area contributed by atoms with Gasteiger partial charge in [-0.1, -0.05) is 0 Å². The second-order valence-corrected chi connectivity index (χ2v) is 4.84. The highest BCUT2D eigenvalue weighted by Gasteiger charge is 2.36. The second kappa shape index (κ2) is 5.39. The summed E-state index contributed by atoms with van der Waals surface area (Å²) in [6.45, 7) is 0.457. The molecule has 2 heterocycles. The Labute approximate surface area is 121 Å². The molecule has 110 valence electrons. The average Bonchev–Trinajstić information content (AvgIpc) is 3.20. The van der Waals surface area contributed by atoms with E-state index in [1.165, 1.54) is 6.33 Å². The summed E-state index contributed by atoms with van der Waals surface area (Å²) in [5, 5.41) is 14.1. The summed E-state index contributed by atoms with van der Waals surface area (Å²) in [4.78, 5) is 20.9. The summed E-state index contributed by atoms with van der Waals surface area (Å²) in [5.74, 6) is 1.30. The van der Waals surface area contributed by atoms with Gasteiger partial charge < -0.3 is 14.6 Å². The van der Waals surface area contributed by atoms with Crippen molar-refractivity contribution in [2.24, 2.45) is 0 Å². The Morgan fingerprint density at radius 3 is 2.90 bits per heavy atom. The number of nitro groups is 1. The van der Waals surface area contributed by atoms with E-state index < -0.39 is 4.92 Å². The minimum absolute atomic E-state index is 0.0987. The third-order valence-electron chi connectivity index (χ3n) is 3.39. The molecule has 0 aliphatic heterocycles. The van der Waals surface area contributed by atoms with Crippen molar-refractivity contribution in [3.63, 3.8) is 0 Å². The minimum Gasteiger partial charge on any atom is -0.467 e. The first-order valence-corrected chi connectivity index (χ1v) is 6.67. The Balaban J connectivity index is 2.01. The molecule has 0 radical (unpaired) electrons. The van der Waals surface area contributed by atoms with Gasteiger partial charge in [0.25, 0.3) is 0 Å². The molecule has 2 aromatic rings. The highest BCUT2D eigenvalue weighted by molar-refractivity contribution is 5.70. The van der Waals surface area contributed by atoms with E-state index in [2.05, 4.69) is 15.3 Å². The minimum atomic E-state index is -0.446. The van der Waals surface area contributed by atoms with Gasteiger partial charge in [0, 0.05) is 13.1 Å². The summed E-state index contributed by atoms with van der Waals surface area (Å²) >= 11 is 0. The fourth-order valence-electron chi connectivity index (χ4n) is 2.26. The van der Waals surface area contributed by atoms with Gasteiger partial charge in [-0.15, -0.1) is 0 Å². The van der Waals surface area contributed by atoms with Gasteiger partial charge in [-0.05, 0) is 25.0 Å². The van der Waals surface area contributed by atoms with E-state index in [1.54, 1.807) is 19.4 Å². The van der Waals surface area contributed by atoms with Gasteiger partial charge in [-0.2, -0.15) is 0 Å². The van der Waals surface area contributed by atoms with Crippen LogP contribution >= 0.6 is 0 Å². The van der Waals surface area contributed by atoms with E-state index in [0.717, 1.165) is 18.6 Å². The normalized spacial score (nSPS) is 14.0. The third-order valence-corrected chi connectivity index (χ3v) is 3.39. The molecule has 3 rings (SSSR count). The Hall–Kier alpha value is -2.64. The van der Waals surface area contributed by atoms with Crippen molar-refractivity contribution in [2.75, 3.05) is 17.3 Å². The van der Waals surface area contributed by atoms with Crippen molar-refractivity contribution in [3.05, 3.63) is 40.6 Å². The quantitative estimate of drug-likeness (QED) is 0.643. The van der Waals surface area contributed by atoms with Crippen molar-refractivity contribution in [1.29, 1.82) is 0 Å². The van der Waals surface area contributed by atoms with Crippen molar-refractivity contribution >= 4 is 17.3 Å². The van der Waals surface area contributed by atoms with E-state index in [9.17, 15) is 10.1 Å². The van der Waals surface area contributed by atoms with Crippen molar-refractivity contribution in [1.82, 2.24) is 9.97 Å². The van der Waals surface area contributed by atoms with Gasteiger partial charge in [0.05, 0.1) is 17.7 Å². The summed E-state index contributed by atoms with van der Waals surface area (Å²) in [6, 6.07) is 3.91. The molecule has 1 N–H and O–H groups in total.